The molecule has 0 spiro atoms. The van der Waals surface area contributed by atoms with Gasteiger partial charge in [-0.25, -0.2) is 4.68 Å². The van der Waals surface area contributed by atoms with Crippen molar-refractivity contribution in [1.82, 2.24) is 20.2 Å². The molecule has 1 aromatic heterocycles. The fraction of sp³-hybridized carbons (Fsp3) is 0.175. The minimum absolute atomic E-state index is 0.245. The SMILES string of the molecule is CCCCC1=CC[N+](=O)[N+]1(Cl)Cc1ccc(-c2ccccc2-c2nnnn2C(c2ccccc2)(c2ccccc2)c2ccccc2)cc1. The van der Waals surface area contributed by atoms with E-state index in [9.17, 15) is 4.91 Å². The van der Waals surface area contributed by atoms with Gasteiger partial charge in [-0.1, -0.05) is 153 Å². The maximum Gasteiger partial charge on any atom is 0.281 e. The van der Waals surface area contributed by atoms with Gasteiger partial charge in [0.1, 0.15) is 5.54 Å². The highest BCUT2D eigenvalue weighted by Gasteiger charge is 2.52. The average Bonchev–Trinajstić information content (AvgIpc) is 3.74. The minimum Gasteiger partial charge on any atom is -0.205 e. The number of tetrazole rings is 1. The smallest absolute Gasteiger partial charge is 0.205 e. The predicted molar refractivity (Wildman–Crippen MR) is 189 cm³/mol. The van der Waals surface area contributed by atoms with Crippen LogP contribution in [0.2, 0.25) is 0 Å². The molecule has 1 unspecified atom stereocenters. The number of aromatic nitrogens is 4. The first kappa shape index (κ1) is 31.4. The van der Waals surface area contributed by atoms with Crippen LogP contribution in [0.3, 0.4) is 0 Å². The van der Waals surface area contributed by atoms with Crippen LogP contribution in [0.5, 0.6) is 0 Å². The van der Waals surface area contributed by atoms with E-state index in [0.29, 0.717) is 18.9 Å². The molecule has 0 saturated heterocycles. The predicted octanol–water partition coefficient (Wildman–Crippen LogP) is 9.10. The third kappa shape index (κ3) is 5.55. The maximum atomic E-state index is 12.8. The zero-order valence-electron chi connectivity index (χ0n) is 26.9. The Hall–Kier alpha value is -5.24. The molecule has 0 saturated carbocycles. The van der Waals surface area contributed by atoms with Gasteiger partial charge in [0.05, 0.1) is 15.1 Å². The number of nitrogens with zero attached hydrogens (tertiary/aromatic N) is 6. The molecule has 0 aliphatic carbocycles. The summed E-state index contributed by atoms with van der Waals surface area (Å²) in [5.74, 6) is 0.640. The lowest BCUT2D eigenvalue weighted by Gasteiger charge is -2.36. The summed E-state index contributed by atoms with van der Waals surface area (Å²) in [5.41, 5.74) is 7.11. The van der Waals surface area contributed by atoms with Crippen molar-refractivity contribution in [3.8, 4) is 22.5 Å². The number of hydrogen-bond donors (Lipinski definition) is 0. The van der Waals surface area contributed by atoms with Crippen LogP contribution < -0.4 is 0 Å². The third-order valence-electron chi connectivity index (χ3n) is 9.25. The van der Waals surface area contributed by atoms with Crippen LogP contribution in [0, 0.1) is 4.91 Å². The number of quaternary nitrogens is 1. The molecule has 7 nitrogen and oxygen atoms in total. The summed E-state index contributed by atoms with van der Waals surface area (Å²) < 4.78 is 1.72. The maximum absolute atomic E-state index is 12.8. The molecule has 0 amide bonds. The summed E-state index contributed by atoms with van der Waals surface area (Å²) in [7, 11) is 0. The molecule has 6 aromatic rings. The summed E-state index contributed by atoms with van der Waals surface area (Å²) in [5, 5.41) is 13.7. The number of nitroso groups, excluding NO2 is 1. The van der Waals surface area contributed by atoms with Crippen molar-refractivity contribution in [3.63, 3.8) is 0 Å². The second-order valence-corrected chi connectivity index (χ2v) is 12.7. The summed E-state index contributed by atoms with van der Waals surface area (Å²) in [6.45, 7) is 2.83. The highest BCUT2D eigenvalue weighted by atomic mass is 35.5. The van der Waals surface area contributed by atoms with Crippen molar-refractivity contribution in [3.05, 3.63) is 178 Å². The quantitative estimate of drug-likeness (QED) is 0.0796. The van der Waals surface area contributed by atoms with Gasteiger partial charge in [-0.05, 0) is 44.7 Å². The molecule has 1 atom stereocenters. The van der Waals surface area contributed by atoms with Crippen molar-refractivity contribution in [2.75, 3.05) is 6.54 Å². The number of allylic oxidation sites excluding steroid dienone is 1. The summed E-state index contributed by atoms with van der Waals surface area (Å²) in [6, 6.07) is 47.7. The standard InChI is InChI=1S/C40H37ClN6O/c1-2-3-21-36-28-29-45(48)47(36,41)30-31-24-26-32(27-25-31)37-22-13-14-23-38(37)39-42-43-44-46(39)40(33-15-7-4-8-16-33,34-17-9-5-10-18-34)35-19-11-6-12-20-35/h4-20,22-28H,2-3,21,29-30H2,1H3/q+2. The zero-order valence-corrected chi connectivity index (χ0v) is 27.6. The molecule has 238 valence electrons. The molecule has 0 N–H and O–H groups in total. The first-order chi connectivity index (χ1) is 23.6. The fourth-order valence-corrected chi connectivity index (χ4v) is 7.21. The van der Waals surface area contributed by atoms with Crippen LogP contribution in [0.15, 0.2) is 151 Å². The Bertz CT molecular complexity index is 1950. The Morgan fingerprint density at radius 3 is 1.85 bits per heavy atom. The molecule has 1 aliphatic rings. The first-order valence-corrected chi connectivity index (χ1v) is 16.8. The number of rotatable bonds is 11. The second kappa shape index (κ2) is 13.5. The van der Waals surface area contributed by atoms with E-state index in [1.165, 1.54) is 0 Å². The van der Waals surface area contributed by atoms with Crippen LogP contribution in [0.1, 0.15) is 48.4 Å². The molecule has 0 fully saturated rings. The molecule has 0 radical (unpaired) electrons. The van der Waals surface area contributed by atoms with E-state index >= 15 is 0 Å². The topological polar surface area (TPSA) is 63.7 Å². The molecule has 5 aromatic carbocycles. The molecule has 1 aliphatic heterocycles. The van der Waals surface area contributed by atoms with E-state index in [1.54, 1.807) is 0 Å². The zero-order chi connectivity index (χ0) is 33.0. The highest BCUT2D eigenvalue weighted by molar-refractivity contribution is 6.06. The van der Waals surface area contributed by atoms with Gasteiger partial charge in [-0.2, -0.15) is 0 Å². The lowest BCUT2D eigenvalue weighted by atomic mass is 9.77. The monoisotopic (exact) mass is 652 g/mol. The second-order valence-electron chi connectivity index (χ2n) is 12.1. The van der Waals surface area contributed by atoms with E-state index in [0.717, 1.165) is 68.8 Å². The molecule has 0 bridgehead atoms. The van der Waals surface area contributed by atoms with Gasteiger partial charge < -0.3 is 0 Å². The van der Waals surface area contributed by atoms with E-state index < -0.39 is 5.54 Å². The van der Waals surface area contributed by atoms with Gasteiger partial charge in [-0.3, -0.25) is 0 Å². The van der Waals surface area contributed by atoms with E-state index in [-0.39, 0.29) is 4.11 Å². The minimum atomic E-state index is -0.860. The third-order valence-corrected chi connectivity index (χ3v) is 9.76. The lowest BCUT2D eigenvalue weighted by molar-refractivity contribution is -1.25. The van der Waals surface area contributed by atoms with Gasteiger partial charge in [0.2, 0.25) is 16.6 Å². The molecule has 7 rings (SSSR count). The Morgan fingerprint density at radius 1 is 0.750 bits per heavy atom. The summed E-state index contributed by atoms with van der Waals surface area (Å²) in [6.07, 6.45) is 4.84. The van der Waals surface area contributed by atoms with Crippen LogP contribution in [-0.4, -0.2) is 35.7 Å². The summed E-state index contributed by atoms with van der Waals surface area (Å²) >= 11 is 6.98. The highest BCUT2D eigenvalue weighted by Crippen LogP contribution is 2.43. The van der Waals surface area contributed by atoms with Gasteiger partial charge in [0, 0.05) is 17.5 Å². The van der Waals surface area contributed by atoms with E-state index in [2.05, 4.69) is 126 Å². The Labute approximate surface area is 286 Å². The van der Waals surface area contributed by atoms with Crippen LogP contribution >= 0.6 is 11.8 Å². The van der Waals surface area contributed by atoms with Crippen molar-refractivity contribution in [2.45, 2.75) is 38.3 Å². The Morgan fingerprint density at radius 2 is 1.29 bits per heavy atom. The normalized spacial score (nSPS) is 16.2. The van der Waals surface area contributed by atoms with Crippen LogP contribution in [0.25, 0.3) is 22.5 Å². The van der Waals surface area contributed by atoms with Crippen molar-refractivity contribution < 1.29 is 8.98 Å². The molecule has 8 heteroatoms. The lowest BCUT2D eigenvalue weighted by Crippen LogP contribution is -2.40. The number of unbranched alkanes of at least 4 members (excludes halogenated alkanes) is 1. The van der Waals surface area contributed by atoms with E-state index in [4.69, 9.17) is 17.0 Å². The van der Waals surface area contributed by atoms with Crippen LogP contribution in [-0.2, 0) is 12.1 Å². The summed E-state index contributed by atoms with van der Waals surface area (Å²) in [4.78, 5) is 13.8. The van der Waals surface area contributed by atoms with Crippen LogP contribution in [0.4, 0.5) is 0 Å². The molecule has 48 heavy (non-hydrogen) atoms. The van der Waals surface area contributed by atoms with Crippen molar-refractivity contribution in [2.24, 2.45) is 0 Å². The Kier molecular flexibility index (Phi) is 8.80. The fourth-order valence-electron chi connectivity index (χ4n) is 6.86. The number of benzene rings is 5. The largest absolute Gasteiger partial charge is 0.281 e. The van der Waals surface area contributed by atoms with Crippen molar-refractivity contribution >= 4 is 11.8 Å². The van der Waals surface area contributed by atoms with Gasteiger partial charge in [-0.15, -0.1) is 5.10 Å². The first-order valence-electron chi connectivity index (χ1n) is 16.4. The van der Waals surface area contributed by atoms with Gasteiger partial charge in [0.25, 0.3) is 6.54 Å². The van der Waals surface area contributed by atoms with Gasteiger partial charge >= 0.3 is 0 Å². The molecular formula is C40H37ClN6O+2. The average molecular weight is 653 g/mol. The van der Waals surface area contributed by atoms with Crippen molar-refractivity contribution in [1.29, 1.82) is 0 Å². The number of hydrogen-bond acceptors (Lipinski definition) is 4. The van der Waals surface area contributed by atoms with E-state index in [1.807, 2.05) is 41.1 Å². The van der Waals surface area contributed by atoms with Gasteiger partial charge in [0.15, 0.2) is 18.1 Å². The molecule has 2 heterocycles. The Balaban J connectivity index is 1.33. The number of halogens is 1. The molecular weight excluding hydrogens is 616 g/mol.